The first-order valence-electron chi connectivity index (χ1n) is 17.8. The fraction of sp³-hybridized carbons (Fsp3) is 0.174. The van der Waals surface area contributed by atoms with Crippen LogP contribution in [0.15, 0.2) is 149 Å². The van der Waals surface area contributed by atoms with E-state index in [-0.39, 0.29) is 5.54 Å². The summed E-state index contributed by atoms with van der Waals surface area (Å²) < 4.78 is 2.61. The third-order valence-corrected chi connectivity index (χ3v) is 11.8. The lowest BCUT2D eigenvalue weighted by Crippen LogP contribution is -2.20. The van der Waals surface area contributed by atoms with E-state index in [1.165, 1.54) is 73.1 Å². The number of hydrogen-bond donors (Lipinski definition) is 0. The molecule has 3 nitrogen and oxygen atoms in total. The summed E-state index contributed by atoms with van der Waals surface area (Å²) in [5.41, 5.74) is 9.25. The van der Waals surface area contributed by atoms with E-state index in [2.05, 4.69) is 138 Å². The standard InChI is InChI=1S/C46H35N3/c1-2-9-29(10-3-1)42-28-49(43-16-8-11-31-25-40(31)44(42)43)46-21-19-32(23-34(46)26-46)45-47-22-20-33(27-48-45)30-17-18-39-37-14-5-4-12-35(37)36-13-6-7-15-38(36)41(39)24-30/h1-10,12-19,21-24,27-28,31,34,40H,11,20,25-26H2. The summed E-state index contributed by atoms with van der Waals surface area (Å²) in [6.07, 6.45) is 22.9. The van der Waals surface area contributed by atoms with Crippen LogP contribution in [0.5, 0.6) is 0 Å². The van der Waals surface area contributed by atoms with Crippen LogP contribution in [0.4, 0.5) is 0 Å². The van der Waals surface area contributed by atoms with E-state index < -0.39 is 0 Å². The quantitative estimate of drug-likeness (QED) is 0.174. The highest BCUT2D eigenvalue weighted by atomic mass is 15.1. The van der Waals surface area contributed by atoms with Crippen molar-refractivity contribution in [2.45, 2.75) is 37.1 Å². The van der Waals surface area contributed by atoms with Gasteiger partial charge in [0.1, 0.15) is 0 Å². The predicted octanol–water partition coefficient (Wildman–Crippen LogP) is 11.3. The zero-order valence-electron chi connectivity index (χ0n) is 27.3. The highest BCUT2D eigenvalue weighted by Gasteiger charge is 2.56. The van der Waals surface area contributed by atoms with Crippen LogP contribution in [0.25, 0.3) is 55.1 Å². The number of benzene rings is 5. The normalized spacial score (nSPS) is 24.8. The van der Waals surface area contributed by atoms with E-state index in [4.69, 9.17) is 9.98 Å². The summed E-state index contributed by atoms with van der Waals surface area (Å²) in [5, 5.41) is 7.76. The third kappa shape index (κ3) is 4.15. The first-order chi connectivity index (χ1) is 24.2. The third-order valence-electron chi connectivity index (χ3n) is 11.8. The van der Waals surface area contributed by atoms with Crippen LogP contribution >= 0.6 is 0 Å². The minimum atomic E-state index is -0.00623. The molecule has 5 aliphatic rings. The Morgan fingerprint density at radius 1 is 0.735 bits per heavy atom. The van der Waals surface area contributed by atoms with E-state index in [1.807, 2.05) is 12.4 Å². The summed E-state index contributed by atoms with van der Waals surface area (Å²) in [5.74, 6) is 2.73. The maximum atomic E-state index is 5.01. The van der Waals surface area contributed by atoms with Gasteiger partial charge in [-0.1, -0.05) is 115 Å². The van der Waals surface area contributed by atoms with E-state index in [9.17, 15) is 0 Å². The molecule has 0 radical (unpaired) electrons. The second-order valence-electron chi connectivity index (χ2n) is 14.5. The van der Waals surface area contributed by atoms with Crippen LogP contribution in [0.3, 0.4) is 0 Å². The van der Waals surface area contributed by atoms with E-state index >= 15 is 0 Å². The van der Waals surface area contributed by atoms with Crippen molar-refractivity contribution in [3.05, 3.63) is 156 Å². The fourth-order valence-corrected chi connectivity index (χ4v) is 9.11. The molecule has 4 unspecified atom stereocenters. The van der Waals surface area contributed by atoms with E-state index in [0.29, 0.717) is 11.8 Å². The van der Waals surface area contributed by atoms with Crippen molar-refractivity contribution in [1.82, 2.24) is 4.57 Å². The molecule has 234 valence electrons. The van der Waals surface area contributed by atoms with Crippen LogP contribution in [0.2, 0.25) is 0 Å². The van der Waals surface area contributed by atoms with E-state index in [1.54, 1.807) is 5.56 Å². The molecule has 2 saturated carbocycles. The lowest BCUT2D eigenvalue weighted by molar-refractivity contribution is 0.559. The fourth-order valence-electron chi connectivity index (χ4n) is 9.11. The van der Waals surface area contributed by atoms with Crippen LogP contribution in [0, 0.1) is 11.8 Å². The summed E-state index contributed by atoms with van der Waals surface area (Å²) >= 11 is 0. The number of nitrogens with zero attached hydrogens (tertiary/aromatic N) is 3. The number of allylic oxidation sites excluding steroid dienone is 4. The summed E-state index contributed by atoms with van der Waals surface area (Å²) in [6, 6.07) is 35.4. The largest absolute Gasteiger partial charge is 0.337 e. The molecule has 49 heavy (non-hydrogen) atoms. The molecule has 5 aromatic carbocycles. The average Bonchev–Trinajstić information content (AvgIpc) is 4.07. The number of hydrogen-bond acceptors (Lipinski definition) is 2. The Labute approximate surface area is 286 Å². The number of amidine groups is 1. The van der Waals surface area contributed by atoms with Gasteiger partial charge in [-0.15, -0.1) is 0 Å². The lowest BCUT2D eigenvalue weighted by atomic mass is 9.92. The molecule has 2 fully saturated rings. The molecule has 11 rings (SSSR count). The van der Waals surface area contributed by atoms with Crippen molar-refractivity contribution in [3.8, 4) is 11.1 Å². The molecule has 3 heteroatoms. The number of aromatic nitrogens is 1. The molecule has 4 atom stereocenters. The van der Waals surface area contributed by atoms with Crippen LogP contribution < -0.4 is 0 Å². The number of fused-ring (bicyclic) bond motifs is 10. The molecule has 1 aromatic heterocycles. The Morgan fingerprint density at radius 2 is 1.47 bits per heavy atom. The Bertz CT molecular complexity index is 2540. The van der Waals surface area contributed by atoms with Gasteiger partial charge in [0.2, 0.25) is 0 Å². The maximum Gasteiger partial charge on any atom is 0.158 e. The smallest absolute Gasteiger partial charge is 0.158 e. The Balaban J connectivity index is 0.936. The summed E-state index contributed by atoms with van der Waals surface area (Å²) in [7, 11) is 0. The zero-order valence-corrected chi connectivity index (χ0v) is 27.3. The first-order valence-corrected chi connectivity index (χ1v) is 17.8. The highest BCUT2D eigenvalue weighted by Crippen LogP contribution is 2.61. The minimum Gasteiger partial charge on any atom is -0.337 e. The molecule has 2 heterocycles. The Morgan fingerprint density at radius 3 is 2.24 bits per heavy atom. The number of aliphatic imine (C=N–C) groups is 2. The van der Waals surface area contributed by atoms with Crippen molar-refractivity contribution in [2.24, 2.45) is 21.8 Å². The van der Waals surface area contributed by atoms with Gasteiger partial charge in [0.25, 0.3) is 0 Å². The lowest BCUT2D eigenvalue weighted by Gasteiger charge is -2.21. The van der Waals surface area contributed by atoms with E-state index in [0.717, 1.165) is 30.2 Å². The average molecular weight is 630 g/mol. The minimum absolute atomic E-state index is 0.00623. The van der Waals surface area contributed by atoms with Gasteiger partial charge >= 0.3 is 0 Å². The first kappa shape index (κ1) is 27.4. The van der Waals surface area contributed by atoms with Crippen LogP contribution in [-0.4, -0.2) is 16.6 Å². The van der Waals surface area contributed by atoms with Crippen LogP contribution in [-0.2, 0) is 5.54 Å². The monoisotopic (exact) mass is 629 g/mol. The zero-order chi connectivity index (χ0) is 32.1. The van der Waals surface area contributed by atoms with Gasteiger partial charge < -0.3 is 4.57 Å². The van der Waals surface area contributed by atoms with Gasteiger partial charge in [-0.3, -0.25) is 0 Å². The molecule has 0 N–H and O–H groups in total. The molecular formula is C46H35N3. The molecular weight excluding hydrogens is 595 g/mol. The maximum absolute atomic E-state index is 5.01. The molecule has 0 bridgehead atoms. The van der Waals surface area contributed by atoms with Crippen molar-refractivity contribution < 1.29 is 0 Å². The molecule has 0 saturated heterocycles. The molecule has 4 aliphatic carbocycles. The summed E-state index contributed by atoms with van der Waals surface area (Å²) in [6.45, 7) is 0. The van der Waals surface area contributed by atoms with Crippen molar-refractivity contribution in [3.63, 3.8) is 0 Å². The second-order valence-corrected chi connectivity index (χ2v) is 14.5. The van der Waals surface area contributed by atoms with Gasteiger partial charge in [-0.05, 0) is 97.8 Å². The molecule has 0 spiro atoms. The Kier molecular flexibility index (Phi) is 5.72. The predicted molar refractivity (Wildman–Crippen MR) is 205 cm³/mol. The van der Waals surface area contributed by atoms with Gasteiger partial charge in [0.15, 0.2) is 5.84 Å². The van der Waals surface area contributed by atoms with Gasteiger partial charge in [-0.25, -0.2) is 9.98 Å². The molecule has 0 amide bonds. The molecule has 6 aromatic rings. The van der Waals surface area contributed by atoms with Crippen LogP contribution in [0.1, 0.15) is 48.4 Å². The molecule has 1 aliphatic heterocycles. The highest BCUT2D eigenvalue weighted by molar-refractivity contribution is 6.25. The Hall–Kier alpha value is -5.54. The summed E-state index contributed by atoms with van der Waals surface area (Å²) in [4.78, 5) is 9.91. The topological polar surface area (TPSA) is 29.6 Å². The van der Waals surface area contributed by atoms with Crippen molar-refractivity contribution in [2.75, 3.05) is 0 Å². The van der Waals surface area contributed by atoms with Gasteiger partial charge in [-0.2, -0.15) is 0 Å². The van der Waals surface area contributed by atoms with Crippen molar-refractivity contribution in [1.29, 1.82) is 0 Å². The number of rotatable bonds is 4. The van der Waals surface area contributed by atoms with Crippen molar-refractivity contribution >= 4 is 56.0 Å². The van der Waals surface area contributed by atoms with Gasteiger partial charge in [0, 0.05) is 47.8 Å². The van der Waals surface area contributed by atoms with Gasteiger partial charge in [0.05, 0.1) is 5.54 Å². The second kappa shape index (κ2) is 10.2. The SMILES string of the molecule is C1=Cc2c(c(-c3ccccc3)cn2C23C=CC(C4=NC=C(c5ccc6c7ccccc7c7ccccc7c6c5)CC=N4)=CC2C3)C2CC2C1.